The average molecular weight is 311 g/mol. The number of nitrogens with zero attached hydrogens (tertiary/aromatic N) is 3. The van der Waals surface area contributed by atoms with E-state index < -0.39 is 0 Å². The van der Waals surface area contributed by atoms with Gasteiger partial charge in [0.2, 0.25) is 0 Å². The molecule has 1 fully saturated rings. The van der Waals surface area contributed by atoms with Crippen LogP contribution in [0.25, 0.3) is 5.82 Å². The molecule has 2 unspecified atom stereocenters. The predicted molar refractivity (Wildman–Crippen MR) is 90.6 cm³/mol. The minimum atomic E-state index is -0.297. The van der Waals surface area contributed by atoms with Crippen molar-refractivity contribution in [3.63, 3.8) is 0 Å². The molecule has 1 aliphatic carbocycles. The van der Waals surface area contributed by atoms with Gasteiger partial charge in [-0.1, -0.05) is 33.8 Å². The third-order valence-electron chi connectivity index (χ3n) is 5.13. The number of rotatable bonds is 2. The molecule has 0 radical (unpaired) electrons. The van der Waals surface area contributed by atoms with Gasteiger partial charge in [0.15, 0.2) is 0 Å². The second-order valence-corrected chi connectivity index (χ2v) is 7.82. The maximum Gasteiger partial charge on any atom is 0.141 e. The fourth-order valence-corrected chi connectivity index (χ4v) is 4.28. The van der Waals surface area contributed by atoms with Crippen molar-refractivity contribution in [2.24, 2.45) is 11.3 Å². The SMILES string of the molecule is Cc1nccn1-c1cccc(C2(C)CC(C)C(=O)C(C)(C)C2)n1. The molecule has 0 bridgehead atoms. The first-order chi connectivity index (χ1) is 10.7. The van der Waals surface area contributed by atoms with E-state index in [0.717, 1.165) is 30.2 Å². The molecule has 4 heteroatoms. The molecule has 1 saturated carbocycles. The largest absolute Gasteiger partial charge is 0.299 e. The number of imidazole rings is 1. The van der Waals surface area contributed by atoms with Crippen LogP contribution in [0.4, 0.5) is 0 Å². The average Bonchev–Trinajstić information content (AvgIpc) is 2.91. The summed E-state index contributed by atoms with van der Waals surface area (Å²) in [5.74, 6) is 2.26. The topological polar surface area (TPSA) is 47.8 Å². The number of aromatic nitrogens is 3. The number of hydrogen-bond acceptors (Lipinski definition) is 3. The maximum absolute atomic E-state index is 12.4. The van der Waals surface area contributed by atoms with E-state index in [2.05, 4.69) is 37.9 Å². The minimum absolute atomic E-state index is 0.0733. The Morgan fingerprint density at radius 2 is 2.00 bits per heavy atom. The van der Waals surface area contributed by atoms with Crippen LogP contribution in [-0.4, -0.2) is 20.3 Å². The summed E-state index contributed by atoms with van der Waals surface area (Å²) in [6.45, 7) is 10.4. The van der Waals surface area contributed by atoms with Crippen molar-refractivity contribution in [3.8, 4) is 5.82 Å². The Balaban J connectivity index is 2.02. The number of Topliss-reactive ketones (excluding diaryl/α,β-unsaturated/α-hetero) is 1. The zero-order chi connectivity index (χ0) is 16.8. The van der Waals surface area contributed by atoms with Crippen LogP contribution in [0.2, 0.25) is 0 Å². The lowest BCUT2D eigenvalue weighted by Gasteiger charge is -2.44. The van der Waals surface area contributed by atoms with E-state index in [4.69, 9.17) is 4.98 Å². The summed E-state index contributed by atoms with van der Waals surface area (Å²) in [5.41, 5.74) is 0.687. The number of aryl methyl sites for hydroxylation is 1. The van der Waals surface area contributed by atoms with E-state index in [0.29, 0.717) is 5.78 Å². The van der Waals surface area contributed by atoms with Crippen LogP contribution < -0.4 is 0 Å². The summed E-state index contributed by atoms with van der Waals surface area (Å²) in [4.78, 5) is 21.6. The fourth-order valence-electron chi connectivity index (χ4n) is 4.28. The third kappa shape index (κ3) is 2.71. The molecule has 0 aliphatic heterocycles. The zero-order valence-electron chi connectivity index (χ0n) is 14.6. The van der Waals surface area contributed by atoms with Crippen molar-refractivity contribution in [2.45, 2.75) is 52.9 Å². The standard InChI is InChI=1S/C19H25N3O/c1-13-11-19(5,12-18(3,4)17(13)23)15-7-6-8-16(21-15)22-10-9-20-14(22)2/h6-10,13H,11-12H2,1-5H3. The van der Waals surface area contributed by atoms with Gasteiger partial charge in [-0.25, -0.2) is 9.97 Å². The van der Waals surface area contributed by atoms with E-state index in [1.165, 1.54) is 0 Å². The molecule has 2 atom stereocenters. The van der Waals surface area contributed by atoms with Crippen molar-refractivity contribution >= 4 is 5.78 Å². The monoisotopic (exact) mass is 311 g/mol. The zero-order valence-corrected chi connectivity index (χ0v) is 14.6. The molecule has 0 spiro atoms. The molecule has 1 aliphatic rings. The lowest BCUT2D eigenvalue weighted by molar-refractivity contribution is -0.136. The lowest BCUT2D eigenvalue weighted by atomic mass is 9.59. The van der Waals surface area contributed by atoms with Crippen molar-refractivity contribution in [1.29, 1.82) is 0 Å². The smallest absolute Gasteiger partial charge is 0.141 e. The normalized spacial score (nSPS) is 27.2. The molecule has 0 amide bonds. The highest BCUT2D eigenvalue weighted by Gasteiger charge is 2.47. The van der Waals surface area contributed by atoms with Gasteiger partial charge in [-0.15, -0.1) is 0 Å². The van der Waals surface area contributed by atoms with Gasteiger partial charge in [-0.05, 0) is 31.9 Å². The summed E-state index contributed by atoms with van der Waals surface area (Å²) >= 11 is 0. The van der Waals surface area contributed by atoms with Gasteiger partial charge in [0.1, 0.15) is 17.4 Å². The van der Waals surface area contributed by atoms with E-state index in [1.807, 2.05) is 30.7 Å². The van der Waals surface area contributed by atoms with Crippen LogP contribution in [-0.2, 0) is 10.2 Å². The molecule has 0 aromatic carbocycles. The highest BCUT2D eigenvalue weighted by Crippen LogP contribution is 2.47. The first kappa shape index (κ1) is 15.9. The molecule has 3 rings (SSSR count). The van der Waals surface area contributed by atoms with Crippen LogP contribution in [0.3, 0.4) is 0 Å². The van der Waals surface area contributed by atoms with Gasteiger partial charge >= 0.3 is 0 Å². The molecular weight excluding hydrogens is 286 g/mol. The molecular formula is C19H25N3O. The Morgan fingerprint density at radius 1 is 1.26 bits per heavy atom. The quantitative estimate of drug-likeness (QED) is 0.846. The Hall–Kier alpha value is -1.97. The molecule has 122 valence electrons. The van der Waals surface area contributed by atoms with Crippen LogP contribution in [0.1, 0.15) is 52.1 Å². The van der Waals surface area contributed by atoms with Crippen molar-refractivity contribution in [1.82, 2.24) is 14.5 Å². The summed E-state index contributed by atoms with van der Waals surface area (Å²) in [5, 5.41) is 0. The summed E-state index contributed by atoms with van der Waals surface area (Å²) in [6, 6.07) is 6.15. The first-order valence-corrected chi connectivity index (χ1v) is 8.25. The Kier molecular flexibility index (Phi) is 3.66. The van der Waals surface area contributed by atoms with Crippen molar-refractivity contribution < 1.29 is 4.79 Å². The van der Waals surface area contributed by atoms with Gasteiger partial charge in [0.25, 0.3) is 0 Å². The van der Waals surface area contributed by atoms with E-state index in [1.54, 1.807) is 6.20 Å². The lowest BCUT2D eigenvalue weighted by Crippen LogP contribution is -2.45. The van der Waals surface area contributed by atoms with Crippen LogP contribution >= 0.6 is 0 Å². The second-order valence-electron chi connectivity index (χ2n) is 7.82. The number of carbonyl (C=O) groups is 1. The van der Waals surface area contributed by atoms with Crippen molar-refractivity contribution in [2.75, 3.05) is 0 Å². The number of carbonyl (C=O) groups excluding carboxylic acids is 1. The first-order valence-electron chi connectivity index (χ1n) is 8.25. The fraction of sp³-hybridized carbons (Fsp3) is 0.526. The molecule has 2 heterocycles. The molecule has 4 nitrogen and oxygen atoms in total. The molecule has 2 aromatic rings. The summed E-state index contributed by atoms with van der Waals surface area (Å²) < 4.78 is 2.00. The highest BCUT2D eigenvalue weighted by atomic mass is 16.1. The minimum Gasteiger partial charge on any atom is -0.299 e. The Bertz CT molecular complexity index is 747. The van der Waals surface area contributed by atoms with Crippen molar-refractivity contribution in [3.05, 3.63) is 42.1 Å². The van der Waals surface area contributed by atoms with Gasteiger partial charge < -0.3 is 0 Å². The van der Waals surface area contributed by atoms with Gasteiger partial charge in [-0.3, -0.25) is 9.36 Å². The number of pyridine rings is 1. The third-order valence-corrected chi connectivity index (χ3v) is 5.13. The molecule has 0 saturated heterocycles. The van der Waals surface area contributed by atoms with E-state index >= 15 is 0 Å². The number of ketones is 1. The van der Waals surface area contributed by atoms with Gasteiger partial charge in [0.05, 0.1) is 0 Å². The van der Waals surface area contributed by atoms with Crippen LogP contribution in [0, 0.1) is 18.3 Å². The van der Waals surface area contributed by atoms with E-state index in [-0.39, 0.29) is 16.7 Å². The molecule has 2 aromatic heterocycles. The highest BCUT2D eigenvalue weighted by molar-refractivity contribution is 5.87. The maximum atomic E-state index is 12.4. The van der Waals surface area contributed by atoms with Gasteiger partial charge in [0, 0.05) is 34.8 Å². The summed E-state index contributed by atoms with van der Waals surface area (Å²) in [7, 11) is 0. The van der Waals surface area contributed by atoms with Gasteiger partial charge in [-0.2, -0.15) is 0 Å². The number of hydrogen-bond donors (Lipinski definition) is 0. The second kappa shape index (κ2) is 5.29. The van der Waals surface area contributed by atoms with Crippen LogP contribution in [0.5, 0.6) is 0 Å². The molecule has 0 N–H and O–H groups in total. The van der Waals surface area contributed by atoms with E-state index in [9.17, 15) is 4.79 Å². The van der Waals surface area contributed by atoms with Crippen LogP contribution in [0.15, 0.2) is 30.6 Å². The Morgan fingerprint density at radius 3 is 2.61 bits per heavy atom. The molecule has 23 heavy (non-hydrogen) atoms. The summed E-state index contributed by atoms with van der Waals surface area (Å²) in [6.07, 6.45) is 5.41. The predicted octanol–water partition coefficient (Wildman–Crippen LogP) is 3.86. The Labute approximate surface area is 138 Å².